The normalized spacial score (nSPS) is 12.7. The number of rotatable bonds is 6. The Morgan fingerprint density at radius 1 is 1.19 bits per heavy atom. The maximum absolute atomic E-state index is 12.7. The van der Waals surface area contributed by atoms with Gasteiger partial charge in [-0.15, -0.1) is 0 Å². The molecule has 1 aromatic heterocycles. The Balaban J connectivity index is 2.27. The molecule has 0 radical (unpaired) electrons. The molecule has 1 aromatic carbocycles. The summed E-state index contributed by atoms with van der Waals surface area (Å²) in [5, 5.41) is 10.5. The van der Waals surface area contributed by atoms with Crippen LogP contribution in [0.3, 0.4) is 0 Å². The molecule has 1 heterocycles. The molecular formula is C18H23N3O5S. The van der Waals surface area contributed by atoms with Crippen molar-refractivity contribution >= 4 is 27.5 Å². The van der Waals surface area contributed by atoms with Gasteiger partial charge in [0.05, 0.1) is 11.2 Å². The van der Waals surface area contributed by atoms with E-state index in [1.807, 2.05) is 0 Å². The summed E-state index contributed by atoms with van der Waals surface area (Å²) >= 11 is 0. The molecule has 2 amide bonds. The van der Waals surface area contributed by atoms with Crippen LogP contribution in [0.25, 0.3) is 0 Å². The zero-order valence-corrected chi connectivity index (χ0v) is 16.4. The Morgan fingerprint density at radius 3 is 2.37 bits per heavy atom. The number of carbonyl (C=O) groups excluding carboxylic acids is 2. The van der Waals surface area contributed by atoms with Crippen LogP contribution < -0.4 is 15.8 Å². The number of carbonyl (C=O) groups is 2. The smallest absolute Gasteiger partial charge is 0.287 e. The van der Waals surface area contributed by atoms with Gasteiger partial charge in [0.25, 0.3) is 5.91 Å². The van der Waals surface area contributed by atoms with Gasteiger partial charge in [-0.2, -0.15) is 0 Å². The van der Waals surface area contributed by atoms with Gasteiger partial charge in [-0.1, -0.05) is 13.8 Å². The molecule has 146 valence electrons. The fourth-order valence-corrected chi connectivity index (χ4v) is 3.11. The van der Waals surface area contributed by atoms with Crippen molar-refractivity contribution in [3.05, 3.63) is 47.4 Å². The molecule has 9 heteroatoms. The third-order valence-electron chi connectivity index (χ3n) is 4.21. The largest absolute Gasteiger partial charge is 0.459 e. The quantitative estimate of drug-likeness (QED) is 0.690. The van der Waals surface area contributed by atoms with Crippen LogP contribution in [-0.4, -0.2) is 26.3 Å². The average molecular weight is 393 g/mol. The predicted octanol–water partition coefficient (Wildman–Crippen LogP) is 1.94. The summed E-state index contributed by atoms with van der Waals surface area (Å²) in [6, 6.07) is 4.97. The summed E-state index contributed by atoms with van der Waals surface area (Å²) in [5.74, 6) is -1.11. The van der Waals surface area contributed by atoms with Crippen molar-refractivity contribution in [2.45, 2.75) is 38.6 Å². The molecule has 2 rings (SSSR count). The first-order valence-corrected chi connectivity index (χ1v) is 9.84. The van der Waals surface area contributed by atoms with Crippen molar-refractivity contribution in [3.8, 4) is 0 Å². The maximum atomic E-state index is 12.7. The van der Waals surface area contributed by atoms with E-state index in [-0.39, 0.29) is 16.6 Å². The van der Waals surface area contributed by atoms with Gasteiger partial charge in [-0.25, -0.2) is 13.6 Å². The average Bonchev–Trinajstić information content (AvgIpc) is 3.09. The van der Waals surface area contributed by atoms with Crippen molar-refractivity contribution in [2.24, 2.45) is 11.1 Å². The van der Waals surface area contributed by atoms with Crippen LogP contribution in [0.4, 0.5) is 5.69 Å². The van der Waals surface area contributed by atoms with Gasteiger partial charge >= 0.3 is 0 Å². The minimum atomic E-state index is -3.92. The fourth-order valence-electron chi connectivity index (χ4n) is 2.49. The van der Waals surface area contributed by atoms with Crippen molar-refractivity contribution in [1.29, 1.82) is 0 Å². The monoisotopic (exact) mass is 393 g/mol. The van der Waals surface area contributed by atoms with Crippen LogP contribution in [0.15, 0.2) is 39.8 Å². The second-order valence-electron chi connectivity index (χ2n) is 6.62. The molecule has 0 aliphatic rings. The highest BCUT2D eigenvalue weighted by Crippen LogP contribution is 2.24. The first-order chi connectivity index (χ1) is 12.5. The van der Waals surface area contributed by atoms with Crippen molar-refractivity contribution in [3.63, 3.8) is 0 Å². The van der Waals surface area contributed by atoms with Gasteiger partial charge in [0.15, 0.2) is 5.76 Å². The van der Waals surface area contributed by atoms with Crippen LogP contribution in [0.2, 0.25) is 0 Å². The van der Waals surface area contributed by atoms with Crippen LogP contribution in [0, 0.1) is 19.8 Å². The third-order valence-corrected chi connectivity index (χ3v) is 5.10. The minimum Gasteiger partial charge on any atom is -0.459 e. The lowest BCUT2D eigenvalue weighted by Crippen LogP contribution is -2.47. The highest BCUT2D eigenvalue weighted by atomic mass is 32.2. The molecule has 27 heavy (non-hydrogen) atoms. The van der Waals surface area contributed by atoms with Crippen LogP contribution >= 0.6 is 0 Å². The zero-order valence-electron chi connectivity index (χ0n) is 15.6. The van der Waals surface area contributed by atoms with Gasteiger partial charge in [0.1, 0.15) is 6.04 Å². The standard InChI is InChI=1S/C18H23N3O5S/c1-10(2)16(21-17(22)15-6-5-7-26-15)18(23)20-14-9-13(27(19,24)25)8-11(3)12(14)4/h5-10,16H,1-4H3,(H,20,23)(H,21,22)(H2,19,24,25)/t16-/m0/s1. The third kappa shape index (κ3) is 4.95. The number of benzene rings is 1. The molecule has 0 unspecified atom stereocenters. The Hall–Kier alpha value is -2.65. The number of nitrogens with two attached hydrogens (primary N) is 1. The van der Waals surface area contributed by atoms with Gasteiger partial charge in [-0.3, -0.25) is 9.59 Å². The number of aryl methyl sites for hydroxylation is 1. The molecule has 4 N–H and O–H groups in total. The number of hydrogen-bond acceptors (Lipinski definition) is 5. The second kappa shape index (κ2) is 7.93. The van der Waals surface area contributed by atoms with E-state index in [1.54, 1.807) is 33.8 Å². The molecule has 0 aliphatic heterocycles. The van der Waals surface area contributed by atoms with Crippen molar-refractivity contribution < 1.29 is 22.4 Å². The lowest BCUT2D eigenvalue weighted by atomic mass is 10.0. The number of furan rings is 1. The lowest BCUT2D eigenvalue weighted by Gasteiger charge is -2.22. The molecular weight excluding hydrogens is 370 g/mol. The van der Waals surface area contributed by atoms with E-state index in [1.165, 1.54) is 24.5 Å². The Bertz CT molecular complexity index is 950. The van der Waals surface area contributed by atoms with E-state index in [9.17, 15) is 18.0 Å². The van der Waals surface area contributed by atoms with Gasteiger partial charge in [0.2, 0.25) is 15.9 Å². The number of sulfonamides is 1. The highest BCUT2D eigenvalue weighted by molar-refractivity contribution is 7.89. The first kappa shape index (κ1) is 20.7. The maximum Gasteiger partial charge on any atom is 0.287 e. The van der Waals surface area contributed by atoms with E-state index >= 15 is 0 Å². The topological polar surface area (TPSA) is 132 Å². The summed E-state index contributed by atoms with van der Waals surface area (Å²) in [7, 11) is -3.92. The van der Waals surface area contributed by atoms with E-state index in [4.69, 9.17) is 9.56 Å². The molecule has 2 aromatic rings. The number of anilines is 1. The van der Waals surface area contributed by atoms with E-state index in [2.05, 4.69) is 10.6 Å². The minimum absolute atomic E-state index is 0.0942. The number of amides is 2. The molecule has 1 atom stereocenters. The predicted molar refractivity (Wildman–Crippen MR) is 101 cm³/mol. The molecule has 0 bridgehead atoms. The summed E-state index contributed by atoms with van der Waals surface area (Å²) in [5.41, 5.74) is 1.69. The number of nitrogens with one attached hydrogen (secondary N) is 2. The summed E-state index contributed by atoms with van der Waals surface area (Å²) < 4.78 is 28.3. The summed E-state index contributed by atoms with van der Waals surface area (Å²) in [6.07, 6.45) is 1.37. The van der Waals surface area contributed by atoms with Crippen LogP contribution in [-0.2, 0) is 14.8 Å². The van der Waals surface area contributed by atoms with Crippen LogP contribution in [0.5, 0.6) is 0 Å². The van der Waals surface area contributed by atoms with E-state index in [0.29, 0.717) is 16.8 Å². The SMILES string of the molecule is Cc1cc(S(N)(=O)=O)cc(NC(=O)[C@@H](NC(=O)c2ccco2)C(C)C)c1C. The Morgan fingerprint density at radius 2 is 1.85 bits per heavy atom. The number of hydrogen-bond donors (Lipinski definition) is 3. The Kier molecular flexibility index (Phi) is 6.07. The molecule has 0 saturated carbocycles. The molecule has 0 saturated heterocycles. The lowest BCUT2D eigenvalue weighted by molar-refractivity contribution is -0.118. The van der Waals surface area contributed by atoms with Crippen LogP contribution in [0.1, 0.15) is 35.5 Å². The van der Waals surface area contributed by atoms with Gasteiger partial charge in [0, 0.05) is 5.69 Å². The molecule has 0 aliphatic carbocycles. The Labute approximate surface area is 158 Å². The first-order valence-electron chi connectivity index (χ1n) is 8.30. The summed E-state index contributed by atoms with van der Waals surface area (Å²) in [4.78, 5) is 24.9. The fraction of sp³-hybridized carbons (Fsp3) is 0.333. The second-order valence-corrected chi connectivity index (χ2v) is 8.18. The zero-order chi connectivity index (χ0) is 20.4. The van der Waals surface area contributed by atoms with Crippen molar-refractivity contribution in [1.82, 2.24) is 5.32 Å². The van der Waals surface area contributed by atoms with Crippen molar-refractivity contribution in [2.75, 3.05) is 5.32 Å². The summed E-state index contributed by atoms with van der Waals surface area (Å²) in [6.45, 7) is 7.04. The highest BCUT2D eigenvalue weighted by Gasteiger charge is 2.26. The molecule has 0 spiro atoms. The molecule has 0 fully saturated rings. The number of primary sulfonamides is 1. The van der Waals surface area contributed by atoms with Gasteiger partial charge in [-0.05, 0) is 55.2 Å². The van der Waals surface area contributed by atoms with Gasteiger partial charge < -0.3 is 15.1 Å². The molecule has 8 nitrogen and oxygen atoms in total. The van der Waals surface area contributed by atoms with E-state index in [0.717, 1.165) is 0 Å². The van der Waals surface area contributed by atoms with E-state index < -0.39 is 27.9 Å².